The van der Waals surface area contributed by atoms with Gasteiger partial charge in [-0.2, -0.15) is 0 Å². The maximum Gasteiger partial charge on any atom is 0.0982 e. The van der Waals surface area contributed by atoms with Crippen LogP contribution in [0.25, 0.3) is 0 Å². The molecule has 0 atom stereocenters. The zero-order valence-corrected chi connectivity index (χ0v) is 9.34. The number of allylic oxidation sites excluding steroid dienone is 1. The summed E-state index contributed by atoms with van der Waals surface area (Å²) in [6.07, 6.45) is 1.95. The van der Waals surface area contributed by atoms with Gasteiger partial charge in [0.05, 0.1) is 33.6 Å². The normalized spacial score (nSPS) is 12.6. The van der Waals surface area contributed by atoms with Crippen molar-refractivity contribution < 1.29 is 16.9 Å². The SMILES string of the molecule is C[N+](C)(C)C/C=C(\Cl)CCl.[Cl-]. The Morgan fingerprint density at radius 1 is 1.36 bits per heavy atom. The molecule has 11 heavy (non-hydrogen) atoms. The molecule has 0 aliphatic rings. The van der Waals surface area contributed by atoms with Crippen molar-refractivity contribution in [1.82, 2.24) is 0 Å². The van der Waals surface area contributed by atoms with Crippen molar-refractivity contribution >= 4 is 23.2 Å². The Morgan fingerprint density at radius 2 is 1.82 bits per heavy atom. The van der Waals surface area contributed by atoms with E-state index in [0.717, 1.165) is 16.1 Å². The van der Waals surface area contributed by atoms with Gasteiger partial charge in [-0.05, 0) is 6.08 Å². The third-order valence-electron chi connectivity index (χ3n) is 0.988. The highest BCUT2D eigenvalue weighted by molar-refractivity contribution is 6.35. The van der Waals surface area contributed by atoms with Gasteiger partial charge in [0.1, 0.15) is 0 Å². The molecule has 0 unspecified atom stereocenters. The molecule has 0 bridgehead atoms. The highest BCUT2D eigenvalue weighted by atomic mass is 35.5. The van der Waals surface area contributed by atoms with Gasteiger partial charge in [-0.15, -0.1) is 11.6 Å². The highest BCUT2D eigenvalue weighted by Gasteiger charge is 2.03. The molecule has 0 amide bonds. The average Bonchev–Trinajstić information content (AvgIpc) is 1.81. The van der Waals surface area contributed by atoms with Crippen molar-refractivity contribution in [2.75, 3.05) is 33.6 Å². The predicted molar refractivity (Wildman–Crippen MR) is 47.6 cm³/mol. The van der Waals surface area contributed by atoms with Gasteiger partial charge < -0.3 is 16.9 Å². The Bertz CT molecular complexity index is 126. The lowest BCUT2D eigenvalue weighted by Gasteiger charge is -2.21. The van der Waals surface area contributed by atoms with Crippen LogP contribution in [0.1, 0.15) is 0 Å². The van der Waals surface area contributed by atoms with Crippen LogP contribution in [0, 0.1) is 0 Å². The first-order valence-corrected chi connectivity index (χ1v) is 4.08. The summed E-state index contributed by atoms with van der Waals surface area (Å²) in [7, 11) is 6.32. The minimum atomic E-state index is 0. The highest BCUT2D eigenvalue weighted by Crippen LogP contribution is 2.04. The molecular formula is C7H14Cl3N. The van der Waals surface area contributed by atoms with Crippen LogP contribution >= 0.6 is 23.2 Å². The first-order valence-electron chi connectivity index (χ1n) is 3.16. The van der Waals surface area contributed by atoms with Gasteiger partial charge in [0, 0.05) is 5.03 Å². The van der Waals surface area contributed by atoms with Gasteiger partial charge in [0.15, 0.2) is 0 Å². The van der Waals surface area contributed by atoms with Crippen LogP contribution in [-0.4, -0.2) is 38.1 Å². The molecule has 68 valence electrons. The van der Waals surface area contributed by atoms with Crippen LogP contribution in [-0.2, 0) is 0 Å². The van der Waals surface area contributed by atoms with Crippen LogP contribution in [0.4, 0.5) is 0 Å². The van der Waals surface area contributed by atoms with E-state index < -0.39 is 0 Å². The van der Waals surface area contributed by atoms with Crippen molar-refractivity contribution in [1.29, 1.82) is 0 Å². The van der Waals surface area contributed by atoms with Gasteiger partial charge in [-0.1, -0.05) is 11.6 Å². The Morgan fingerprint density at radius 3 is 2.09 bits per heavy atom. The minimum Gasteiger partial charge on any atom is -1.00 e. The fourth-order valence-corrected chi connectivity index (χ4v) is 0.606. The van der Waals surface area contributed by atoms with Crippen LogP contribution < -0.4 is 12.4 Å². The zero-order valence-electron chi connectivity index (χ0n) is 7.07. The largest absolute Gasteiger partial charge is 1.00 e. The molecule has 0 spiro atoms. The molecular weight excluding hydrogens is 204 g/mol. The summed E-state index contributed by atoms with van der Waals surface area (Å²) in [5.74, 6) is 0.418. The maximum atomic E-state index is 5.69. The predicted octanol–water partition coefficient (Wildman–Crippen LogP) is -0.942. The molecule has 0 saturated heterocycles. The second kappa shape index (κ2) is 6.13. The summed E-state index contributed by atoms with van der Waals surface area (Å²) < 4.78 is 0.882. The minimum absolute atomic E-state index is 0. The second-order valence-electron chi connectivity index (χ2n) is 3.26. The van der Waals surface area contributed by atoms with E-state index >= 15 is 0 Å². The van der Waals surface area contributed by atoms with E-state index in [0.29, 0.717) is 5.88 Å². The smallest absolute Gasteiger partial charge is 0.0982 e. The van der Waals surface area contributed by atoms with E-state index in [1.807, 2.05) is 6.08 Å². The van der Waals surface area contributed by atoms with Crippen LogP contribution in [0.5, 0.6) is 0 Å². The molecule has 0 fully saturated rings. The van der Waals surface area contributed by atoms with Gasteiger partial charge in [0.25, 0.3) is 0 Å². The Balaban J connectivity index is 0. The molecule has 4 heteroatoms. The number of hydrogen-bond donors (Lipinski definition) is 0. The molecule has 0 aromatic heterocycles. The number of nitrogens with zero attached hydrogens (tertiary/aromatic N) is 1. The van der Waals surface area contributed by atoms with E-state index in [4.69, 9.17) is 23.2 Å². The van der Waals surface area contributed by atoms with Gasteiger partial charge in [0.2, 0.25) is 0 Å². The second-order valence-corrected chi connectivity index (χ2v) is 4.01. The van der Waals surface area contributed by atoms with Crippen molar-refractivity contribution in [2.24, 2.45) is 0 Å². The third kappa shape index (κ3) is 10.6. The topological polar surface area (TPSA) is 0 Å². The maximum absolute atomic E-state index is 5.69. The van der Waals surface area contributed by atoms with E-state index in [1.165, 1.54) is 0 Å². The number of rotatable bonds is 3. The molecule has 0 saturated carbocycles. The lowest BCUT2D eigenvalue weighted by Crippen LogP contribution is -3.00. The van der Waals surface area contributed by atoms with Crippen LogP contribution in [0.3, 0.4) is 0 Å². The summed E-state index contributed by atoms with van der Waals surface area (Å²) in [6, 6.07) is 0. The molecule has 1 nitrogen and oxygen atoms in total. The van der Waals surface area contributed by atoms with Crippen LogP contribution in [0.2, 0.25) is 0 Å². The summed E-state index contributed by atoms with van der Waals surface area (Å²) in [6.45, 7) is 0.922. The fraction of sp³-hybridized carbons (Fsp3) is 0.714. The summed E-state index contributed by atoms with van der Waals surface area (Å²) in [5.41, 5.74) is 0. The molecule has 0 aromatic carbocycles. The van der Waals surface area contributed by atoms with Crippen LogP contribution in [0.15, 0.2) is 11.1 Å². The van der Waals surface area contributed by atoms with E-state index in [2.05, 4.69) is 21.1 Å². The number of quaternary nitrogens is 1. The monoisotopic (exact) mass is 217 g/mol. The Kier molecular flexibility index (Phi) is 7.86. The number of alkyl halides is 1. The fourth-order valence-electron chi connectivity index (χ4n) is 0.427. The van der Waals surface area contributed by atoms with Gasteiger partial charge >= 0.3 is 0 Å². The Labute approximate surface area is 85.0 Å². The molecule has 0 aliphatic heterocycles. The standard InChI is InChI=1S/C7H14Cl2N.ClH/c1-10(2,3)5-4-7(9)6-8;/h4H,5-6H2,1-3H3;1H/q+1;/p-1/b7-4-;. The molecule has 0 heterocycles. The molecule has 0 N–H and O–H groups in total. The lowest BCUT2D eigenvalue weighted by atomic mass is 10.4. The van der Waals surface area contributed by atoms with Crippen molar-refractivity contribution in [3.8, 4) is 0 Å². The van der Waals surface area contributed by atoms with Crippen molar-refractivity contribution in [3.63, 3.8) is 0 Å². The molecule has 0 radical (unpaired) electrons. The summed E-state index contributed by atoms with van der Waals surface area (Å²) in [4.78, 5) is 0. The Hall–Kier alpha value is 0.570. The number of halogens is 3. The number of likely N-dealkylation sites (N-methyl/N-ethyl adjacent to an activating group) is 1. The zero-order chi connectivity index (χ0) is 8.20. The molecule has 0 aliphatic carbocycles. The van der Waals surface area contributed by atoms with Crippen molar-refractivity contribution in [3.05, 3.63) is 11.1 Å². The van der Waals surface area contributed by atoms with Crippen molar-refractivity contribution in [2.45, 2.75) is 0 Å². The number of hydrogen-bond acceptors (Lipinski definition) is 0. The lowest BCUT2D eigenvalue weighted by molar-refractivity contribution is -0.864. The summed E-state index contributed by atoms with van der Waals surface area (Å²) >= 11 is 11.2. The molecule has 0 aromatic rings. The van der Waals surface area contributed by atoms with Gasteiger partial charge in [-0.25, -0.2) is 0 Å². The quantitative estimate of drug-likeness (QED) is 0.424. The van der Waals surface area contributed by atoms with E-state index in [1.54, 1.807) is 0 Å². The molecule has 0 rings (SSSR count). The van der Waals surface area contributed by atoms with Gasteiger partial charge in [-0.3, -0.25) is 0 Å². The van der Waals surface area contributed by atoms with E-state index in [9.17, 15) is 0 Å². The summed E-state index contributed by atoms with van der Waals surface area (Å²) in [5, 5.41) is 0.731. The first-order chi connectivity index (χ1) is 4.45. The van der Waals surface area contributed by atoms with E-state index in [-0.39, 0.29) is 12.4 Å². The third-order valence-corrected chi connectivity index (χ3v) is 1.70. The first kappa shape index (κ1) is 14.1. The average molecular weight is 219 g/mol.